The topological polar surface area (TPSA) is 30.5 Å². The Morgan fingerprint density at radius 3 is 2.13 bits per heavy atom. The van der Waals surface area contributed by atoms with Crippen LogP contribution in [-0.4, -0.2) is 20.5 Å². The molecular formula is C16H28Cl2NO2SiZr. The summed E-state index contributed by atoms with van der Waals surface area (Å²) >= 11 is 1.37. The molecule has 0 saturated carbocycles. The molecular weight excluding hydrogens is 428 g/mol. The van der Waals surface area contributed by atoms with Crippen molar-refractivity contribution in [2.75, 3.05) is 6.61 Å². The Hall–Kier alpha value is 0.300. The quantitative estimate of drug-likeness (QED) is 0.391. The predicted octanol–water partition coefficient (Wildman–Crippen LogP) is -1.80. The van der Waals surface area contributed by atoms with Gasteiger partial charge in [0.15, 0.2) is 0 Å². The molecule has 1 rings (SSSR count). The van der Waals surface area contributed by atoms with Crippen LogP contribution in [0, 0.1) is 0 Å². The molecule has 7 heteroatoms. The van der Waals surface area contributed by atoms with Crippen LogP contribution in [0.3, 0.4) is 0 Å². The molecule has 0 radical (unpaired) electrons. The zero-order valence-corrected chi connectivity index (χ0v) is 20.3. The molecule has 0 aromatic rings. The van der Waals surface area contributed by atoms with Crippen LogP contribution in [-0.2, 0) is 33.9 Å². The van der Waals surface area contributed by atoms with Gasteiger partial charge in [-0.15, -0.1) is 0 Å². The average Bonchev–Trinajstić information content (AvgIpc) is 2.54. The standard InChI is InChI=1S/C16H28NO2Si.2ClH.Zr/c1-9-18-12(2)13-10-14(17-16(3,4)5)15(11-13)19-20(6,7)8;;;/h11,17H,9H2,1-8H3;2*1H;/q;;;+2/p-2. The molecule has 0 saturated heterocycles. The maximum atomic E-state index is 6.29. The normalized spacial score (nSPS) is 17.0. The van der Waals surface area contributed by atoms with Gasteiger partial charge >= 0.3 is 146 Å². The molecule has 0 bridgehead atoms. The van der Waals surface area contributed by atoms with Crippen molar-refractivity contribution in [2.24, 2.45) is 0 Å². The Morgan fingerprint density at radius 1 is 1.22 bits per heavy atom. The first-order valence-electron chi connectivity index (χ1n) is 7.44. The van der Waals surface area contributed by atoms with E-state index in [1.165, 1.54) is 33.6 Å². The fraction of sp³-hybridized carbons (Fsp3) is 0.625. The molecule has 0 fully saturated rings. The number of halogens is 2. The molecule has 1 aliphatic carbocycles. The van der Waals surface area contributed by atoms with Crippen molar-refractivity contribution in [3.8, 4) is 0 Å². The Bertz CT molecular complexity index is 503. The summed E-state index contributed by atoms with van der Waals surface area (Å²) < 4.78 is 13.3. The smallest absolute Gasteiger partial charge is 1.00 e. The zero-order valence-electron chi connectivity index (χ0n) is 15.4. The van der Waals surface area contributed by atoms with E-state index in [4.69, 9.17) is 9.16 Å². The average molecular weight is 457 g/mol. The second-order valence-corrected chi connectivity index (χ2v) is 12.9. The van der Waals surface area contributed by atoms with Crippen molar-refractivity contribution in [1.29, 1.82) is 0 Å². The van der Waals surface area contributed by atoms with Crippen molar-refractivity contribution >= 4 is 8.32 Å². The van der Waals surface area contributed by atoms with Crippen molar-refractivity contribution in [3.63, 3.8) is 0 Å². The molecule has 0 aromatic heterocycles. The largest absolute Gasteiger partial charge is 1.00 e. The molecule has 3 nitrogen and oxygen atoms in total. The van der Waals surface area contributed by atoms with Gasteiger partial charge in [-0.2, -0.15) is 0 Å². The molecule has 0 atom stereocenters. The Balaban J connectivity index is 0. The van der Waals surface area contributed by atoms with Crippen LogP contribution in [0.4, 0.5) is 0 Å². The number of hydrogen-bond acceptors (Lipinski definition) is 3. The summed E-state index contributed by atoms with van der Waals surface area (Å²) in [4.78, 5) is 0. The zero-order chi connectivity index (χ0) is 16.4. The summed E-state index contributed by atoms with van der Waals surface area (Å²) in [5.41, 5.74) is 2.32. The molecule has 1 aliphatic rings. The summed E-state index contributed by atoms with van der Waals surface area (Å²) in [6, 6.07) is 0. The second-order valence-electron chi connectivity index (χ2n) is 7.25. The van der Waals surface area contributed by atoms with Crippen LogP contribution in [0.25, 0.3) is 0 Å². The molecule has 0 aromatic carbocycles. The van der Waals surface area contributed by atoms with E-state index < -0.39 is 8.32 Å². The van der Waals surface area contributed by atoms with Crippen LogP contribution < -0.4 is 30.1 Å². The minimum Gasteiger partial charge on any atom is -1.00 e. The monoisotopic (exact) mass is 454 g/mol. The SMILES string of the molecule is CCOC(C)=C1C=C(O[Si](C)(C)C)C(NC(C)(C)C)=[C]1[Zr+2].[Cl-].[Cl-]. The Labute approximate surface area is 170 Å². The fourth-order valence-corrected chi connectivity index (χ4v) is 3.90. The van der Waals surface area contributed by atoms with Crippen LogP contribution in [0.15, 0.2) is 32.1 Å². The van der Waals surface area contributed by atoms with Gasteiger partial charge in [0.05, 0.1) is 0 Å². The summed E-state index contributed by atoms with van der Waals surface area (Å²) in [5.74, 6) is 1.96. The summed E-state index contributed by atoms with van der Waals surface area (Å²) in [6.07, 6.45) is 2.14. The minimum absolute atomic E-state index is 0. The molecule has 23 heavy (non-hydrogen) atoms. The van der Waals surface area contributed by atoms with E-state index in [0.29, 0.717) is 6.61 Å². The number of allylic oxidation sites excluding steroid dienone is 4. The molecule has 0 aliphatic heterocycles. The first-order chi connectivity index (χ1) is 9.44. The number of nitrogens with one attached hydrogen (secondary N) is 1. The van der Waals surface area contributed by atoms with E-state index in [-0.39, 0.29) is 30.4 Å². The molecule has 131 valence electrons. The van der Waals surface area contributed by atoms with Gasteiger partial charge in [0, 0.05) is 0 Å². The van der Waals surface area contributed by atoms with Crippen LogP contribution in [0.1, 0.15) is 34.6 Å². The van der Waals surface area contributed by atoms with E-state index in [9.17, 15) is 0 Å². The van der Waals surface area contributed by atoms with Gasteiger partial charge in [-0.1, -0.05) is 0 Å². The fourth-order valence-electron chi connectivity index (χ4n) is 2.01. The van der Waals surface area contributed by atoms with Gasteiger partial charge in [0.25, 0.3) is 0 Å². The van der Waals surface area contributed by atoms with Gasteiger partial charge in [-0.05, 0) is 0 Å². The van der Waals surface area contributed by atoms with E-state index in [1.807, 2.05) is 13.8 Å². The van der Waals surface area contributed by atoms with Gasteiger partial charge < -0.3 is 24.8 Å². The predicted molar refractivity (Wildman–Crippen MR) is 86.8 cm³/mol. The van der Waals surface area contributed by atoms with Gasteiger partial charge in [0.1, 0.15) is 0 Å². The van der Waals surface area contributed by atoms with Crippen molar-refractivity contribution < 1.29 is 58.7 Å². The maximum Gasteiger partial charge on any atom is -1.00 e. The Kier molecular flexibility index (Phi) is 10.8. The minimum atomic E-state index is -1.65. The van der Waals surface area contributed by atoms with Crippen LogP contribution in [0.2, 0.25) is 19.6 Å². The van der Waals surface area contributed by atoms with Crippen molar-refractivity contribution in [3.05, 3.63) is 32.1 Å². The maximum absolute atomic E-state index is 6.29. The van der Waals surface area contributed by atoms with Crippen molar-refractivity contribution in [2.45, 2.75) is 59.8 Å². The first kappa shape index (κ1) is 25.5. The third-order valence-corrected chi connectivity index (χ3v) is 4.81. The van der Waals surface area contributed by atoms with Gasteiger partial charge in [0.2, 0.25) is 0 Å². The molecule has 0 heterocycles. The van der Waals surface area contributed by atoms with E-state index >= 15 is 0 Å². The number of hydrogen-bond donors (Lipinski definition) is 1. The van der Waals surface area contributed by atoms with E-state index in [1.54, 1.807) is 0 Å². The molecule has 1 N–H and O–H groups in total. The molecule has 0 spiro atoms. The first-order valence-corrected chi connectivity index (χ1v) is 12.1. The third kappa shape index (κ3) is 8.29. The van der Waals surface area contributed by atoms with E-state index in [2.05, 4.69) is 51.8 Å². The Morgan fingerprint density at radius 2 is 1.74 bits per heavy atom. The number of rotatable bonds is 5. The molecule has 0 amide bonds. The third-order valence-electron chi connectivity index (χ3n) is 2.70. The van der Waals surface area contributed by atoms with Crippen LogP contribution in [0.5, 0.6) is 0 Å². The summed E-state index contributed by atoms with van der Waals surface area (Å²) in [5, 5.41) is 3.61. The van der Waals surface area contributed by atoms with Gasteiger partial charge in [-0.25, -0.2) is 0 Å². The summed E-state index contributed by atoms with van der Waals surface area (Å²) in [6.45, 7) is 17.9. The van der Waals surface area contributed by atoms with E-state index in [0.717, 1.165) is 17.2 Å². The number of ether oxygens (including phenoxy) is 1. The second kappa shape index (κ2) is 9.70. The van der Waals surface area contributed by atoms with Crippen LogP contribution >= 0.6 is 0 Å². The van der Waals surface area contributed by atoms with Crippen molar-refractivity contribution in [1.82, 2.24) is 5.32 Å². The summed E-state index contributed by atoms with van der Waals surface area (Å²) in [7, 11) is -1.65. The van der Waals surface area contributed by atoms with Gasteiger partial charge in [-0.3, -0.25) is 0 Å². The molecule has 0 unspecified atom stereocenters.